The molecule has 1 aliphatic carbocycles. The van der Waals surface area contributed by atoms with Crippen molar-refractivity contribution < 1.29 is 0 Å². The Morgan fingerprint density at radius 2 is 1.81 bits per heavy atom. The molecule has 0 aliphatic heterocycles. The van der Waals surface area contributed by atoms with Crippen LogP contribution < -0.4 is 10.6 Å². The highest BCUT2D eigenvalue weighted by atomic mass is 15.2. The third kappa shape index (κ3) is 3.60. The van der Waals surface area contributed by atoms with E-state index in [1.54, 1.807) is 0 Å². The van der Waals surface area contributed by atoms with Crippen LogP contribution in [0.4, 0.5) is 5.69 Å². The molecule has 2 unspecified atom stereocenters. The summed E-state index contributed by atoms with van der Waals surface area (Å²) in [5.41, 5.74) is 8.09. The molecule has 1 aromatic carbocycles. The molecule has 1 aromatic rings. The standard InChI is InChI=1S/C19H32N2/c1-18(2,3)16-9-8-13-19(15-20,14-12-16)21(4)17-10-6-5-7-11-17/h5-7,10-11,16H,8-9,12-15,20H2,1-4H3. The summed E-state index contributed by atoms with van der Waals surface area (Å²) in [6, 6.07) is 10.7. The van der Waals surface area contributed by atoms with Crippen molar-refractivity contribution in [3.8, 4) is 0 Å². The van der Waals surface area contributed by atoms with E-state index in [0.717, 1.165) is 12.5 Å². The first kappa shape index (κ1) is 16.4. The van der Waals surface area contributed by atoms with E-state index in [1.165, 1.54) is 37.8 Å². The van der Waals surface area contributed by atoms with Gasteiger partial charge in [0.15, 0.2) is 0 Å². The number of anilines is 1. The molecule has 1 fully saturated rings. The Morgan fingerprint density at radius 1 is 1.14 bits per heavy atom. The van der Waals surface area contributed by atoms with Gasteiger partial charge in [-0.05, 0) is 49.1 Å². The van der Waals surface area contributed by atoms with Crippen molar-refractivity contribution in [1.29, 1.82) is 0 Å². The summed E-state index contributed by atoms with van der Waals surface area (Å²) in [6.45, 7) is 7.89. The second-order valence-electron chi connectivity index (χ2n) is 7.82. The second kappa shape index (κ2) is 6.39. The van der Waals surface area contributed by atoms with E-state index in [0.29, 0.717) is 5.41 Å². The van der Waals surface area contributed by atoms with Crippen LogP contribution in [0.5, 0.6) is 0 Å². The molecule has 118 valence electrons. The smallest absolute Gasteiger partial charge is 0.0521 e. The molecule has 1 aliphatic rings. The Labute approximate surface area is 130 Å². The molecule has 0 saturated heterocycles. The molecule has 0 heterocycles. The molecule has 2 N–H and O–H groups in total. The zero-order valence-electron chi connectivity index (χ0n) is 14.2. The lowest BCUT2D eigenvalue weighted by molar-refractivity contribution is 0.210. The Morgan fingerprint density at radius 3 is 2.38 bits per heavy atom. The van der Waals surface area contributed by atoms with Crippen LogP contribution in [0.1, 0.15) is 52.9 Å². The van der Waals surface area contributed by atoms with Gasteiger partial charge in [0.25, 0.3) is 0 Å². The van der Waals surface area contributed by atoms with Crippen molar-refractivity contribution in [2.45, 2.75) is 58.4 Å². The van der Waals surface area contributed by atoms with Crippen molar-refractivity contribution in [3.05, 3.63) is 30.3 Å². The third-order valence-electron chi connectivity index (χ3n) is 5.61. The predicted molar refractivity (Wildman–Crippen MR) is 92.7 cm³/mol. The normalized spacial score (nSPS) is 27.2. The van der Waals surface area contributed by atoms with Gasteiger partial charge in [-0.25, -0.2) is 0 Å². The van der Waals surface area contributed by atoms with Crippen molar-refractivity contribution in [2.75, 3.05) is 18.5 Å². The van der Waals surface area contributed by atoms with Gasteiger partial charge in [0, 0.05) is 19.3 Å². The molecule has 1 saturated carbocycles. The Hall–Kier alpha value is -1.02. The number of hydrogen-bond acceptors (Lipinski definition) is 2. The minimum atomic E-state index is 0.126. The Kier molecular flexibility index (Phi) is 4.98. The predicted octanol–water partition coefficient (Wildman–Crippen LogP) is 4.45. The van der Waals surface area contributed by atoms with Gasteiger partial charge in [0.05, 0.1) is 5.54 Å². The first-order valence-electron chi connectivity index (χ1n) is 8.38. The number of nitrogens with two attached hydrogens (primary N) is 1. The zero-order valence-corrected chi connectivity index (χ0v) is 14.2. The molecular formula is C19H32N2. The summed E-state index contributed by atoms with van der Waals surface area (Å²) < 4.78 is 0. The Balaban J connectivity index is 2.18. The largest absolute Gasteiger partial charge is 0.368 e. The average molecular weight is 288 g/mol. The number of nitrogens with zero attached hydrogens (tertiary/aromatic N) is 1. The first-order valence-corrected chi connectivity index (χ1v) is 8.38. The number of rotatable bonds is 3. The third-order valence-corrected chi connectivity index (χ3v) is 5.61. The van der Waals surface area contributed by atoms with Crippen LogP contribution in [0, 0.1) is 11.3 Å². The molecule has 0 amide bonds. The summed E-state index contributed by atoms with van der Waals surface area (Å²) in [5, 5.41) is 0. The van der Waals surface area contributed by atoms with E-state index in [1.807, 2.05) is 0 Å². The molecule has 0 radical (unpaired) electrons. The lowest BCUT2D eigenvalue weighted by Gasteiger charge is -2.43. The van der Waals surface area contributed by atoms with Crippen LogP contribution in [0.25, 0.3) is 0 Å². The highest BCUT2D eigenvalue weighted by Gasteiger charge is 2.38. The quantitative estimate of drug-likeness (QED) is 0.833. The second-order valence-corrected chi connectivity index (χ2v) is 7.82. The van der Waals surface area contributed by atoms with Crippen molar-refractivity contribution >= 4 is 5.69 Å². The maximum atomic E-state index is 6.26. The van der Waals surface area contributed by atoms with E-state index in [9.17, 15) is 0 Å². The van der Waals surface area contributed by atoms with Crippen LogP contribution in [0.2, 0.25) is 0 Å². The number of para-hydroxylation sites is 1. The molecule has 2 rings (SSSR count). The maximum absolute atomic E-state index is 6.26. The fourth-order valence-corrected chi connectivity index (χ4v) is 3.86. The van der Waals surface area contributed by atoms with Gasteiger partial charge in [-0.15, -0.1) is 0 Å². The zero-order chi connectivity index (χ0) is 15.5. The number of hydrogen-bond donors (Lipinski definition) is 1. The van der Waals surface area contributed by atoms with Gasteiger partial charge >= 0.3 is 0 Å². The molecule has 2 nitrogen and oxygen atoms in total. The van der Waals surface area contributed by atoms with Gasteiger partial charge in [-0.2, -0.15) is 0 Å². The summed E-state index contributed by atoms with van der Waals surface area (Å²) >= 11 is 0. The molecule has 2 atom stereocenters. The lowest BCUT2D eigenvalue weighted by Crippen LogP contribution is -2.52. The van der Waals surface area contributed by atoms with Crippen LogP contribution in [0.15, 0.2) is 30.3 Å². The van der Waals surface area contributed by atoms with Crippen molar-refractivity contribution in [2.24, 2.45) is 17.1 Å². The van der Waals surface area contributed by atoms with E-state index >= 15 is 0 Å². The number of likely N-dealkylation sites (N-methyl/N-ethyl adjacent to an activating group) is 1. The first-order chi connectivity index (χ1) is 9.89. The topological polar surface area (TPSA) is 29.3 Å². The van der Waals surface area contributed by atoms with Gasteiger partial charge < -0.3 is 10.6 Å². The van der Waals surface area contributed by atoms with Crippen LogP contribution >= 0.6 is 0 Å². The number of benzene rings is 1. The minimum absolute atomic E-state index is 0.126. The van der Waals surface area contributed by atoms with Gasteiger partial charge in [0.1, 0.15) is 0 Å². The summed E-state index contributed by atoms with van der Waals surface area (Å²) in [6.07, 6.45) is 6.33. The maximum Gasteiger partial charge on any atom is 0.0521 e. The van der Waals surface area contributed by atoms with E-state index < -0.39 is 0 Å². The fourth-order valence-electron chi connectivity index (χ4n) is 3.86. The van der Waals surface area contributed by atoms with E-state index in [2.05, 4.69) is 63.1 Å². The summed E-state index contributed by atoms with van der Waals surface area (Å²) in [5.74, 6) is 0.815. The van der Waals surface area contributed by atoms with E-state index in [-0.39, 0.29) is 5.54 Å². The lowest BCUT2D eigenvalue weighted by atomic mass is 9.76. The molecule has 2 heteroatoms. The molecule has 0 spiro atoms. The van der Waals surface area contributed by atoms with E-state index in [4.69, 9.17) is 5.73 Å². The monoisotopic (exact) mass is 288 g/mol. The van der Waals surface area contributed by atoms with Gasteiger partial charge in [0.2, 0.25) is 0 Å². The van der Waals surface area contributed by atoms with Crippen LogP contribution in [-0.4, -0.2) is 19.1 Å². The Bertz CT molecular complexity index is 435. The van der Waals surface area contributed by atoms with Gasteiger partial charge in [-0.1, -0.05) is 45.4 Å². The fraction of sp³-hybridized carbons (Fsp3) is 0.684. The van der Waals surface area contributed by atoms with Crippen molar-refractivity contribution in [3.63, 3.8) is 0 Å². The molecule has 0 aromatic heterocycles. The average Bonchev–Trinajstić information content (AvgIpc) is 2.70. The van der Waals surface area contributed by atoms with Crippen LogP contribution in [-0.2, 0) is 0 Å². The molecular weight excluding hydrogens is 256 g/mol. The highest BCUT2D eigenvalue weighted by Crippen LogP contribution is 2.42. The summed E-state index contributed by atoms with van der Waals surface area (Å²) in [4.78, 5) is 2.44. The summed E-state index contributed by atoms with van der Waals surface area (Å²) in [7, 11) is 2.22. The minimum Gasteiger partial charge on any atom is -0.368 e. The molecule has 21 heavy (non-hydrogen) atoms. The van der Waals surface area contributed by atoms with Gasteiger partial charge in [-0.3, -0.25) is 0 Å². The van der Waals surface area contributed by atoms with Crippen LogP contribution in [0.3, 0.4) is 0 Å². The van der Waals surface area contributed by atoms with Crippen molar-refractivity contribution in [1.82, 2.24) is 0 Å². The molecule has 0 bridgehead atoms. The SMILES string of the molecule is CN(c1ccccc1)C1(CN)CCCC(C(C)(C)C)CC1. The highest BCUT2D eigenvalue weighted by molar-refractivity contribution is 5.48.